The molecule has 2 heteroatoms. The van der Waals surface area contributed by atoms with E-state index >= 15 is 0 Å². The third kappa shape index (κ3) is 1.49. The highest BCUT2D eigenvalue weighted by molar-refractivity contribution is 14.1. The van der Waals surface area contributed by atoms with Crippen molar-refractivity contribution in [3.8, 4) is 0 Å². The van der Waals surface area contributed by atoms with Crippen molar-refractivity contribution in [3.63, 3.8) is 0 Å². The maximum Gasteiger partial charge on any atom is 0.353 e. The number of hydrogen-bond donors (Lipinski definition) is 0. The van der Waals surface area contributed by atoms with Gasteiger partial charge in [0.15, 0.2) is 12.4 Å². The molecule has 1 aromatic heterocycles. The number of benzene rings is 2. The fraction of sp³-hybridized carbons (Fsp3) is 0. The summed E-state index contributed by atoms with van der Waals surface area (Å²) in [6.45, 7) is 0. The first-order valence-corrected chi connectivity index (χ1v) is 5.80. The van der Waals surface area contributed by atoms with E-state index in [1.165, 1.54) is 21.5 Å². The summed E-state index contributed by atoms with van der Waals surface area (Å²) in [5, 5.41) is 5.23. The molecule has 0 aliphatic heterocycles. The fourth-order valence-electron chi connectivity index (χ4n) is 1.93. The molecule has 0 spiro atoms. The van der Waals surface area contributed by atoms with Crippen LogP contribution >= 0.6 is 22.9 Å². The highest BCUT2D eigenvalue weighted by atomic mass is 127. The largest absolute Gasteiger partial charge is 0.353 e. The minimum Gasteiger partial charge on any atom is -0.143 e. The monoisotopic (exact) mass is 306 g/mol. The Balaban J connectivity index is 2.55. The summed E-state index contributed by atoms with van der Waals surface area (Å²) in [7, 11) is 0. The van der Waals surface area contributed by atoms with Gasteiger partial charge in [-0.05, 0) is 16.8 Å². The topological polar surface area (TPSA) is 3.88 Å². The summed E-state index contributed by atoms with van der Waals surface area (Å²) in [6, 6.07) is 15.0. The van der Waals surface area contributed by atoms with Crippen molar-refractivity contribution in [2.75, 3.05) is 0 Å². The Kier molecular flexibility index (Phi) is 2.09. The first kappa shape index (κ1) is 9.09. The van der Waals surface area contributed by atoms with Gasteiger partial charge in [-0.3, -0.25) is 0 Å². The lowest BCUT2D eigenvalue weighted by Crippen LogP contribution is -2.16. The predicted molar refractivity (Wildman–Crippen MR) is 71.1 cm³/mol. The highest BCUT2D eigenvalue weighted by Crippen LogP contribution is 2.23. The zero-order chi connectivity index (χ0) is 10.3. The van der Waals surface area contributed by atoms with Gasteiger partial charge in [-0.2, -0.15) is 0 Å². The van der Waals surface area contributed by atoms with E-state index in [4.69, 9.17) is 0 Å². The summed E-state index contributed by atoms with van der Waals surface area (Å²) in [5.41, 5.74) is 0. The second kappa shape index (κ2) is 3.45. The molecule has 15 heavy (non-hydrogen) atoms. The average Bonchev–Trinajstić information content (AvgIpc) is 2.28. The van der Waals surface area contributed by atoms with Crippen LogP contribution in [0.4, 0.5) is 0 Å². The standard InChI is InChI=1S/C13H9IN/c14-15-8-7-13-11(9-15)6-5-10-3-1-2-4-12(10)13/h1-9H/q+1. The first-order chi connectivity index (χ1) is 7.34. The van der Waals surface area contributed by atoms with Crippen LogP contribution in [-0.2, 0) is 0 Å². The van der Waals surface area contributed by atoms with Crippen molar-refractivity contribution in [2.45, 2.75) is 0 Å². The van der Waals surface area contributed by atoms with Crippen LogP contribution in [0.3, 0.4) is 0 Å². The molecule has 0 fully saturated rings. The van der Waals surface area contributed by atoms with Gasteiger partial charge in [0.25, 0.3) is 0 Å². The number of hydrogen-bond acceptors (Lipinski definition) is 0. The van der Waals surface area contributed by atoms with Crippen LogP contribution in [0.15, 0.2) is 54.9 Å². The second-order valence-corrected chi connectivity index (χ2v) is 4.69. The number of halogens is 1. The van der Waals surface area contributed by atoms with Crippen molar-refractivity contribution < 1.29 is 2.78 Å². The molecule has 0 unspecified atom stereocenters. The molecule has 2 aromatic carbocycles. The van der Waals surface area contributed by atoms with Crippen molar-refractivity contribution in [1.29, 1.82) is 0 Å². The summed E-state index contributed by atoms with van der Waals surface area (Å²) >= 11 is 2.27. The molecular formula is C13H9IN+. The molecule has 0 saturated carbocycles. The Hall–Kier alpha value is -1.16. The lowest BCUT2D eigenvalue weighted by Gasteiger charge is -2.00. The van der Waals surface area contributed by atoms with Gasteiger partial charge in [0.1, 0.15) is 0 Å². The maximum atomic E-state index is 2.27. The molecule has 72 valence electrons. The highest BCUT2D eigenvalue weighted by Gasteiger charge is 2.03. The van der Waals surface area contributed by atoms with Gasteiger partial charge in [0.05, 0.1) is 0 Å². The van der Waals surface area contributed by atoms with Crippen LogP contribution in [0.1, 0.15) is 0 Å². The van der Waals surface area contributed by atoms with E-state index in [0.29, 0.717) is 0 Å². The minimum atomic E-state index is 1.28. The normalized spacial score (nSPS) is 11.0. The summed E-state index contributed by atoms with van der Waals surface area (Å²) in [5.74, 6) is 0. The quantitative estimate of drug-likeness (QED) is 0.442. The Morgan fingerprint density at radius 3 is 2.47 bits per heavy atom. The second-order valence-electron chi connectivity index (χ2n) is 3.58. The van der Waals surface area contributed by atoms with E-state index in [1.54, 1.807) is 0 Å². The smallest absolute Gasteiger partial charge is 0.143 e. The predicted octanol–water partition coefficient (Wildman–Crippen LogP) is 3.48. The minimum absolute atomic E-state index is 1.28. The van der Waals surface area contributed by atoms with Crippen LogP contribution in [-0.4, -0.2) is 0 Å². The van der Waals surface area contributed by atoms with Crippen LogP contribution in [0.25, 0.3) is 21.5 Å². The first-order valence-electron chi connectivity index (χ1n) is 4.83. The van der Waals surface area contributed by atoms with Gasteiger partial charge in [-0.25, -0.2) is 0 Å². The lowest BCUT2D eigenvalue weighted by atomic mass is 10.0. The number of aromatic nitrogens is 1. The average molecular weight is 306 g/mol. The third-order valence-electron chi connectivity index (χ3n) is 2.65. The van der Waals surface area contributed by atoms with E-state index in [2.05, 4.69) is 80.5 Å². The number of rotatable bonds is 0. The molecular weight excluding hydrogens is 297 g/mol. The van der Waals surface area contributed by atoms with Gasteiger partial charge < -0.3 is 0 Å². The number of pyridine rings is 1. The molecule has 0 saturated heterocycles. The fourth-order valence-corrected chi connectivity index (χ4v) is 2.39. The lowest BCUT2D eigenvalue weighted by molar-refractivity contribution is -0.438. The molecule has 0 atom stereocenters. The van der Waals surface area contributed by atoms with Crippen molar-refractivity contribution >= 4 is 44.4 Å². The van der Waals surface area contributed by atoms with Gasteiger partial charge in [0.2, 0.25) is 0 Å². The molecule has 3 aromatic rings. The Labute approximate surface area is 102 Å². The van der Waals surface area contributed by atoms with E-state index < -0.39 is 0 Å². The molecule has 0 bridgehead atoms. The van der Waals surface area contributed by atoms with Crippen LogP contribution < -0.4 is 2.78 Å². The van der Waals surface area contributed by atoms with E-state index in [-0.39, 0.29) is 0 Å². The summed E-state index contributed by atoms with van der Waals surface area (Å²) in [4.78, 5) is 0. The molecule has 0 radical (unpaired) electrons. The summed E-state index contributed by atoms with van der Waals surface area (Å²) in [6.07, 6.45) is 4.22. The maximum absolute atomic E-state index is 2.27. The molecule has 0 amide bonds. The Morgan fingerprint density at radius 1 is 0.800 bits per heavy atom. The van der Waals surface area contributed by atoms with Crippen LogP contribution in [0, 0.1) is 0 Å². The van der Waals surface area contributed by atoms with Crippen molar-refractivity contribution in [2.24, 2.45) is 0 Å². The van der Waals surface area contributed by atoms with Crippen LogP contribution in [0.2, 0.25) is 0 Å². The van der Waals surface area contributed by atoms with E-state index in [9.17, 15) is 0 Å². The van der Waals surface area contributed by atoms with Gasteiger partial charge in [-0.1, -0.05) is 30.3 Å². The van der Waals surface area contributed by atoms with Crippen LogP contribution in [0.5, 0.6) is 0 Å². The number of nitrogens with zero attached hydrogens (tertiary/aromatic N) is 1. The Bertz CT molecular complexity index is 646. The number of fused-ring (bicyclic) bond motifs is 3. The zero-order valence-corrected chi connectivity index (χ0v) is 10.2. The van der Waals surface area contributed by atoms with Gasteiger partial charge in [-0.15, -0.1) is 2.78 Å². The molecule has 3 rings (SSSR count). The summed E-state index contributed by atoms with van der Waals surface area (Å²) < 4.78 is 2.05. The SMILES string of the molecule is I[n+]1ccc2c(ccc3ccccc32)c1. The van der Waals surface area contributed by atoms with Gasteiger partial charge >= 0.3 is 22.9 Å². The molecule has 0 N–H and O–H groups in total. The Morgan fingerprint density at radius 2 is 1.53 bits per heavy atom. The third-order valence-corrected chi connectivity index (χ3v) is 3.25. The zero-order valence-electron chi connectivity index (χ0n) is 8.02. The molecule has 1 nitrogen and oxygen atoms in total. The van der Waals surface area contributed by atoms with E-state index in [1.807, 2.05) is 0 Å². The molecule has 0 aliphatic carbocycles. The van der Waals surface area contributed by atoms with E-state index in [0.717, 1.165) is 0 Å². The molecule has 0 aliphatic rings. The molecule has 1 heterocycles. The van der Waals surface area contributed by atoms with Crippen molar-refractivity contribution in [1.82, 2.24) is 0 Å². The van der Waals surface area contributed by atoms with Crippen molar-refractivity contribution in [3.05, 3.63) is 54.9 Å². The van der Waals surface area contributed by atoms with Gasteiger partial charge in [0, 0.05) is 16.8 Å².